The van der Waals surface area contributed by atoms with Gasteiger partial charge in [0.25, 0.3) is 0 Å². The molecular weight excluding hydrogens is 737 g/mol. The summed E-state index contributed by atoms with van der Waals surface area (Å²) in [6.07, 6.45) is 0. The summed E-state index contributed by atoms with van der Waals surface area (Å²) in [7, 11) is 0. The Balaban J connectivity index is 1.10. The van der Waals surface area contributed by atoms with Gasteiger partial charge in [0.2, 0.25) is 0 Å². The lowest BCUT2D eigenvalue weighted by molar-refractivity contribution is 0.669. The van der Waals surface area contributed by atoms with E-state index >= 15 is 0 Å². The molecule has 0 aliphatic heterocycles. The van der Waals surface area contributed by atoms with E-state index in [-0.39, 0.29) is 0 Å². The van der Waals surface area contributed by atoms with Gasteiger partial charge in [-0.1, -0.05) is 188 Å². The molecule has 12 rings (SSSR count). The highest BCUT2D eigenvalue weighted by molar-refractivity contribution is 6.22. The molecule has 0 atom stereocenters. The van der Waals surface area contributed by atoms with Gasteiger partial charge < -0.3 is 4.42 Å². The number of hydrogen-bond donors (Lipinski definition) is 0. The van der Waals surface area contributed by atoms with Crippen molar-refractivity contribution in [1.29, 1.82) is 0 Å². The Morgan fingerprint density at radius 3 is 1.34 bits per heavy atom. The number of fused-ring (bicyclic) bond motifs is 6. The third kappa shape index (κ3) is 6.10. The molecule has 284 valence electrons. The zero-order chi connectivity index (χ0) is 40.3. The highest BCUT2D eigenvalue weighted by atomic mass is 16.3. The first-order valence-electron chi connectivity index (χ1n) is 21.0. The first kappa shape index (κ1) is 35.0. The van der Waals surface area contributed by atoms with Gasteiger partial charge in [0.05, 0.1) is 0 Å². The number of rotatable bonds is 6. The van der Waals surface area contributed by atoms with E-state index in [1.54, 1.807) is 0 Å². The van der Waals surface area contributed by atoms with Crippen molar-refractivity contribution in [2.45, 2.75) is 0 Å². The third-order valence-electron chi connectivity index (χ3n) is 12.4. The van der Waals surface area contributed by atoms with E-state index < -0.39 is 0 Å². The Bertz CT molecular complexity index is 3610. The van der Waals surface area contributed by atoms with Crippen LogP contribution in [0.25, 0.3) is 121 Å². The zero-order valence-corrected chi connectivity index (χ0v) is 33.3. The van der Waals surface area contributed by atoms with Crippen LogP contribution in [0.1, 0.15) is 0 Å². The summed E-state index contributed by atoms with van der Waals surface area (Å²) in [4.78, 5) is 0. The van der Waals surface area contributed by atoms with Crippen LogP contribution in [0.5, 0.6) is 0 Å². The Kier molecular flexibility index (Phi) is 8.25. The Hall–Kier alpha value is -8.00. The minimum Gasteiger partial charge on any atom is -0.456 e. The van der Waals surface area contributed by atoms with E-state index in [0.29, 0.717) is 0 Å². The monoisotopic (exact) mass is 774 g/mol. The first-order chi connectivity index (χ1) is 30.2. The SMILES string of the molecule is c1ccc(-c2ccc3c(-c4cccc(-c5ccc6ccccc6c5)c4)c4cc(-c5ccccc5)ccc4c(-c4ccc(-c5ccc6oc7ccccc7c6c5)cc4)c3c2)cc1. The Morgan fingerprint density at radius 1 is 0.197 bits per heavy atom. The van der Waals surface area contributed by atoms with Gasteiger partial charge in [0.1, 0.15) is 11.2 Å². The van der Waals surface area contributed by atoms with Crippen molar-refractivity contribution in [2.24, 2.45) is 0 Å². The molecular formula is C60H38O. The summed E-state index contributed by atoms with van der Waals surface area (Å²) < 4.78 is 6.17. The second kappa shape index (κ2) is 14.4. The molecule has 0 radical (unpaired) electrons. The molecule has 0 amide bonds. The molecule has 0 saturated carbocycles. The average molecular weight is 775 g/mol. The van der Waals surface area contributed by atoms with Crippen LogP contribution in [0.2, 0.25) is 0 Å². The Labute approximate surface area is 354 Å². The second-order valence-electron chi connectivity index (χ2n) is 16.0. The molecule has 1 aromatic heterocycles. The predicted octanol–water partition coefficient (Wildman–Crippen LogP) is 17.0. The van der Waals surface area contributed by atoms with Gasteiger partial charge in [0.15, 0.2) is 0 Å². The molecule has 0 bridgehead atoms. The second-order valence-corrected chi connectivity index (χ2v) is 16.0. The van der Waals surface area contributed by atoms with E-state index in [9.17, 15) is 0 Å². The third-order valence-corrected chi connectivity index (χ3v) is 12.4. The van der Waals surface area contributed by atoms with Crippen LogP contribution in [-0.2, 0) is 0 Å². The summed E-state index contributed by atoms with van der Waals surface area (Å²) in [6.45, 7) is 0. The van der Waals surface area contributed by atoms with Crippen LogP contribution in [0, 0.1) is 0 Å². The van der Waals surface area contributed by atoms with Crippen molar-refractivity contribution in [3.8, 4) is 66.8 Å². The standard InChI is InChI=1S/C60H38O/c1-3-12-39(13-4-1)47-29-32-53-55(37-47)59(43-25-22-42(23-26-43)49-30-33-58-54(36-49)51-20-9-10-21-57(51)61-58)52-31-28-48(40-14-5-2-6-15-40)38-56(52)60(53)50-19-11-18-45(35-50)46-27-24-41-16-7-8-17-44(41)34-46/h1-38H. The van der Waals surface area contributed by atoms with Crippen molar-refractivity contribution in [2.75, 3.05) is 0 Å². The van der Waals surface area contributed by atoms with E-state index in [0.717, 1.165) is 21.9 Å². The van der Waals surface area contributed by atoms with Crippen LogP contribution >= 0.6 is 0 Å². The highest BCUT2D eigenvalue weighted by Gasteiger charge is 2.20. The maximum absolute atomic E-state index is 6.17. The van der Waals surface area contributed by atoms with Gasteiger partial charge in [-0.2, -0.15) is 0 Å². The smallest absolute Gasteiger partial charge is 0.135 e. The molecule has 0 aliphatic rings. The molecule has 0 spiro atoms. The van der Waals surface area contributed by atoms with Crippen molar-refractivity contribution < 1.29 is 4.42 Å². The van der Waals surface area contributed by atoms with Crippen LogP contribution in [0.4, 0.5) is 0 Å². The van der Waals surface area contributed by atoms with E-state index in [1.807, 2.05) is 12.1 Å². The highest BCUT2D eigenvalue weighted by Crippen LogP contribution is 2.47. The molecule has 0 saturated heterocycles. The zero-order valence-electron chi connectivity index (χ0n) is 33.3. The molecule has 0 fully saturated rings. The topological polar surface area (TPSA) is 13.1 Å². The quantitative estimate of drug-likeness (QED) is 0.153. The first-order valence-corrected chi connectivity index (χ1v) is 21.0. The van der Waals surface area contributed by atoms with Crippen molar-refractivity contribution in [1.82, 2.24) is 0 Å². The maximum Gasteiger partial charge on any atom is 0.135 e. The minimum atomic E-state index is 0.909. The minimum absolute atomic E-state index is 0.909. The van der Waals surface area contributed by atoms with Crippen LogP contribution in [0.15, 0.2) is 235 Å². The summed E-state index contributed by atoms with van der Waals surface area (Å²) in [5.74, 6) is 0. The largest absolute Gasteiger partial charge is 0.456 e. The fourth-order valence-corrected chi connectivity index (χ4v) is 9.43. The van der Waals surface area contributed by atoms with E-state index in [4.69, 9.17) is 4.42 Å². The molecule has 12 aromatic rings. The lowest BCUT2D eigenvalue weighted by Crippen LogP contribution is -1.93. The van der Waals surface area contributed by atoms with E-state index in [1.165, 1.54) is 99.1 Å². The van der Waals surface area contributed by atoms with Gasteiger partial charge in [0, 0.05) is 10.8 Å². The molecule has 1 heteroatoms. The fraction of sp³-hybridized carbons (Fsp3) is 0. The maximum atomic E-state index is 6.17. The van der Waals surface area contributed by atoms with Crippen LogP contribution in [0.3, 0.4) is 0 Å². The molecule has 61 heavy (non-hydrogen) atoms. The lowest BCUT2D eigenvalue weighted by Gasteiger charge is -2.20. The molecule has 11 aromatic carbocycles. The van der Waals surface area contributed by atoms with Crippen molar-refractivity contribution >= 4 is 54.3 Å². The summed E-state index contributed by atoms with van der Waals surface area (Å²) in [5, 5.41) is 9.68. The van der Waals surface area contributed by atoms with Gasteiger partial charge in [-0.15, -0.1) is 0 Å². The van der Waals surface area contributed by atoms with Gasteiger partial charge in [-0.25, -0.2) is 0 Å². The summed E-state index contributed by atoms with van der Waals surface area (Å²) in [6, 6.07) is 84.1. The number of hydrogen-bond acceptors (Lipinski definition) is 1. The Morgan fingerprint density at radius 2 is 0.639 bits per heavy atom. The van der Waals surface area contributed by atoms with Crippen molar-refractivity contribution in [3.05, 3.63) is 231 Å². The van der Waals surface area contributed by atoms with Gasteiger partial charge in [-0.3, -0.25) is 0 Å². The van der Waals surface area contributed by atoms with Gasteiger partial charge in [-0.05, 0) is 142 Å². The fourth-order valence-electron chi connectivity index (χ4n) is 9.43. The molecule has 0 N–H and O–H groups in total. The van der Waals surface area contributed by atoms with Gasteiger partial charge >= 0.3 is 0 Å². The molecule has 1 heterocycles. The van der Waals surface area contributed by atoms with Crippen LogP contribution in [-0.4, -0.2) is 0 Å². The lowest BCUT2D eigenvalue weighted by atomic mass is 9.83. The van der Waals surface area contributed by atoms with E-state index in [2.05, 4.69) is 218 Å². The molecule has 0 aliphatic carbocycles. The molecule has 0 unspecified atom stereocenters. The average Bonchev–Trinajstić information content (AvgIpc) is 3.71. The van der Waals surface area contributed by atoms with Crippen LogP contribution < -0.4 is 0 Å². The summed E-state index contributed by atoms with van der Waals surface area (Å²) >= 11 is 0. The molecule has 1 nitrogen and oxygen atoms in total. The number of furan rings is 1. The number of benzene rings is 11. The number of para-hydroxylation sites is 1. The predicted molar refractivity (Wildman–Crippen MR) is 259 cm³/mol. The summed E-state index contributed by atoms with van der Waals surface area (Å²) in [5.41, 5.74) is 16.2. The van der Waals surface area contributed by atoms with Crippen molar-refractivity contribution in [3.63, 3.8) is 0 Å². The normalized spacial score (nSPS) is 11.6.